The summed E-state index contributed by atoms with van der Waals surface area (Å²) in [5.74, 6) is -1.63. The smallest absolute Gasteiger partial charge is 0.396 e. The Bertz CT molecular complexity index is 1820. The van der Waals surface area contributed by atoms with E-state index in [4.69, 9.17) is 35.2 Å². The van der Waals surface area contributed by atoms with Crippen molar-refractivity contribution in [3.63, 3.8) is 0 Å². The highest BCUT2D eigenvalue weighted by atomic mass is 32.5. The molecule has 5 rings (SSSR count). The van der Waals surface area contributed by atoms with Crippen molar-refractivity contribution in [1.82, 2.24) is 34.9 Å². The molecular formula is C27H36FN10O9P2S+. The van der Waals surface area contributed by atoms with Crippen LogP contribution in [-0.2, 0) is 39.3 Å². The molecule has 9 atom stereocenters. The number of hydrogen-bond acceptors (Lipinski definition) is 16. The van der Waals surface area contributed by atoms with Crippen LogP contribution in [0.4, 0.5) is 16.2 Å². The minimum atomic E-state index is -3.76. The molecule has 2 aliphatic rings. The van der Waals surface area contributed by atoms with Crippen LogP contribution >= 0.6 is 15.0 Å². The Labute approximate surface area is 290 Å². The third-order valence-corrected chi connectivity index (χ3v) is 11.1. The molecule has 0 aromatic carbocycles. The first kappa shape index (κ1) is 37.8. The first-order chi connectivity index (χ1) is 23.9. The molecule has 19 nitrogen and oxygen atoms in total. The lowest BCUT2D eigenvalue weighted by molar-refractivity contribution is -0.118. The van der Waals surface area contributed by atoms with Gasteiger partial charge in [-0.1, -0.05) is 19.1 Å². The summed E-state index contributed by atoms with van der Waals surface area (Å²) >= 11 is 5.78. The van der Waals surface area contributed by atoms with Gasteiger partial charge in [0.25, 0.3) is 5.56 Å². The molecule has 270 valence electrons. The lowest BCUT2D eigenvalue weighted by Gasteiger charge is -2.29. The van der Waals surface area contributed by atoms with E-state index in [1.807, 2.05) is 6.07 Å². The van der Waals surface area contributed by atoms with E-state index in [0.29, 0.717) is 12.2 Å². The van der Waals surface area contributed by atoms with Gasteiger partial charge in [0.1, 0.15) is 12.1 Å². The predicted molar refractivity (Wildman–Crippen MR) is 177 cm³/mol. The number of hydrogen-bond donors (Lipinski definition) is 5. The van der Waals surface area contributed by atoms with Crippen LogP contribution in [0, 0.1) is 29.1 Å². The van der Waals surface area contributed by atoms with Gasteiger partial charge in [0.15, 0.2) is 23.4 Å². The van der Waals surface area contributed by atoms with Crippen LogP contribution in [0.25, 0.3) is 11.2 Å². The van der Waals surface area contributed by atoms with Gasteiger partial charge in [-0.2, -0.15) is 10.2 Å². The maximum atomic E-state index is 15.6. The summed E-state index contributed by atoms with van der Waals surface area (Å²) in [6.07, 6.45) is -0.580. The van der Waals surface area contributed by atoms with Crippen molar-refractivity contribution in [2.75, 3.05) is 30.5 Å². The normalized spacial score (nSPS) is 26.5. The molecule has 1 unspecified atom stereocenters. The molecule has 2 aliphatic carbocycles. The average Bonchev–Trinajstić information content (AvgIpc) is 3.76. The van der Waals surface area contributed by atoms with E-state index in [1.165, 1.54) is 17.2 Å². The zero-order valence-electron chi connectivity index (χ0n) is 26.9. The molecule has 3 aromatic heterocycles. The van der Waals surface area contributed by atoms with Crippen molar-refractivity contribution in [3.05, 3.63) is 28.9 Å². The average molecular weight is 758 g/mol. The molecule has 3 heterocycles. The van der Waals surface area contributed by atoms with Crippen LogP contribution in [0.15, 0.2) is 23.4 Å². The van der Waals surface area contributed by atoms with E-state index >= 15 is 4.39 Å². The van der Waals surface area contributed by atoms with E-state index in [-0.39, 0.29) is 68.0 Å². The molecule has 0 aliphatic heterocycles. The third kappa shape index (κ3) is 9.07. The number of carbonyl (C=O) groups is 1. The molecule has 0 radical (unpaired) electrons. The zero-order chi connectivity index (χ0) is 36.0. The standard InChI is InChI=1S/C27H35FN10O9P2S/c1-14(2)25(40)34-27-33-24-22(26(41)35-27)36-37-38(24)18-8-15(11-39)9-19(18)47-49(50,44-7-3-5-29)45-12-16-10-17(21(28)23(16)46-48(42)43)32-20-4-6-30-13-31-20/h4,6,13-19,21,23,39H,3,7-12H2,1-2H3,(H3-,30,31,32,33,34,35,37,40,41,42,43)/p+1/t15-,16+,17+,18+,19+,21-,23+,49-/m0/s1. The van der Waals surface area contributed by atoms with Gasteiger partial charge in [-0.25, -0.2) is 19.0 Å². The number of aliphatic hydroxyl groups excluding tert-OH is 1. The lowest BCUT2D eigenvalue weighted by Crippen LogP contribution is -2.33. The van der Waals surface area contributed by atoms with Crippen LogP contribution in [0.3, 0.4) is 0 Å². The van der Waals surface area contributed by atoms with Crippen LogP contribution in [-0.4, -0.2) is 95.1 Å². The molecule has 23 heteroatoms. The van der Waals surface area contributed by atoms with Crippen molar-refractivity contribution in [2.45, 2.75) is 70.0 Å². The van der Waals surface area contributed by atoms with Gasteiger partial charge < -0.3 is 24.0 Å². The number of halogens is 1. The molecule has 2 saturated carbocycles. The molecule has 50 heavy (non-hydrogen) atoms. The van der Waals surface area contributed by atoms with E-state index < -0.39 is 62.8 Å². The molecule has 0 bridgehead atoms. The molecular weight excluding hydrogens is 721 g/mol. The van der Waals surface area contributed by atoms with E-state index in [1.54, 1.807) is 19.9 Å². The SMILES string of the molecule is CC(C)C(=O)Nc1nc2c(nnn2[C@@H]2C[C@H](CO)C[C@H]2O[P@](=S)(OCCC#N)OC[C@H]2C[C@@H](Nc3ccncn3)[C@H](F)[C@@H]2O[P+](=O)O)c(=O)[nH]1. The molecule has 2 fully saturated rings. The van der Waals surface area contributed by atoms with Gasteiger partial charge in [0.05, 0.1) is 43.9 Å². The van der Waals surface area contributed by atoms with Gasteiger partial charge in [0.2, 0.25) is 11.9 Å². The second kappa shape index (κ2) is 16.7. The number of rotatable bonds is 16. The van der Waals surface area contributed by atoms with Crippen LogP contribution in [0.1, 0.15) is 45.6 Å². The maximum Gasteiger partial charge on any atom is 0.695 e. The summed E-state index contributed by atoms with van der Waals surface area (Å²) in [7, 11) is -3.17. The summed E-state index contributed by atoms with van der Waals surface area (Å²) < 4.78 is 52.0. The van der Waals surface area contributed by atoms with E-state index in [2.05, 4.69) is 40.9 Å². The van der Waals surface area contributed by atoms with Gasteiger partial charge in [-0.15, -0.1) is 14.5 Å². The number of aliphatic hydroxyl groups is 1. The lowest BCUT2D eigenvalue weighted by atomic mass is 10.1. The molecule has 3 aromatic rings. The largest absolute Gasteiger partial charge is 0.695 e. The Kier molecular flexibility index (Phi) is 12.6. The number of anilines is 2. The minimum absolute atomic E-state index is 0.0462. The van der Waals surface area contributed by atoms with Crippen LogP contribution < -0.4 is 16.2 Å². The van der Waals surface area contributed by atoms with Gasteiger partial charge in [-0.05, 0) is 43.1 Å². The Balaban J connectivity index is 1.39. The van der Waals surface area contributed by atoms with Crippen molar-refractivity contribution in [1.29, 1.82) is 5.26 Å². The molecule has 0 saturated heterocycles. The Hall–Kier alpha value is -3.44. The monoisotopic (exact) mass is 757 g/mol. The first-order valence-electron chi connectivity index (χ1n) is 15.6. The number of aromatic amines is 1. The number of amides is 1. The summed E-state index contributed by atoms with van der Waals surface area (Å²) in [5.41, 5.74) is -0.690. The van der Waals surface area contributed by atoms with E-state index in [0.717, 1.165) is 0 Å². The van der Waals surface area contributed by atoms with Gasteiger partial charge in [-0.3, -0.25) is 19.9 Å². The predicted octanol–water partition coefficient (Wildman–Crippen LogP) is 2.27. The van der Waals surface area contributed by atoms with Crippen LogP contribution in [0.5, 0.6) is 0 Å². The van der Waals surface area contributed by atoms with Gasteiger partial charge >= 0.3 is 15.0 Å². The quantitative estimate of drug-likeness (QED) is 0.104. The van der Waals surface area contributed by atoms with Crippen molar-refractivity contribution in [3.8, 4) is 6.07 Å². The number of aromatic nitrogens is 7. The number of carbonyl (C=O) groups excluding carboxylic acids is 1. The number of nitrogens with zero attached hydrogens (tertiary/aromatic N) is 7. The molecule has 1 amide bonds. The van der Waals surface area contributed by atoms with E-state index in [9.17, 15) is 24.2 Å². The Morgan fingerprint density at radius 3 is 2.82 bits per heavy atom. The third-order valence-electron chi connectivity index (χ3n) is 8.26. The summed E-state index contributed by atoms with van der Waals surface area (Å²) in [5, 5.41) is 32.9. The minimum Gasteiger partial charge on any atom is -0.396 e. The van der Waals surface area contributed by atoms with Crippen molar-refractivity contribution < 1.29 is 41.8 Å². The number of nitriles is 1. The molecule has 0 spiro atoms. The zero-order valence-corrected chi connectivity index (χ0v) is 29.5. The second-order valence-corrected chi connectivity index (χ2v) is 15.7. The fourth-order valence-electron chi connectivity index (χ4n) is 5.83. The number of H-pyrrole nitrogens is 1. The highest BCUT2D eigenvalue weighted by Gasteiger charge is 2.50. The van der Waals surface area contributed by atoms with Gasteiger partial charge in [0, 0.05) is 29.2 Å². The Morgan fingerprint density at radius 1 is 1.34 bits per heavy atom. The maximum absolute atomic E-state index is 15.6. The Morgan fingerprint density at radius 2 is 2.14 bits per heavy atom. The topological polar surface area (TPSA) is 262 Å². The number of fused-ring (bicyclic) bond motifs is 1. The summed E-state index contributed by atoms with van der Waals surface area (Å²) in [6.45, 7) is -1.09. The summed E-state index contributed by atoms with van der Waals surface area (Å²) in [4.78, 5) is 49.3. The summed E-state index contributed by atoms with van der Waals surface area (Å²) in [6, 6.07) is 1.94. The highest BCUT2D eigenvalue weighted by Crippen LogP contribution is 2.56. The molecule has 5 N–H and O–H groups in total. The highest BCUT2D eigenvalue weighted by molar-refractivity contribution is 8.07. The fourth-order valence-corrected chi connectivity index (χ4v) is 8.51. The van der Waals surface area contributed by atoms with Crippen molar-refractivity contribution in [2.24, 2.45) is 17.8 Å². The first-order valence-corrected chi connectivity index (χ1v) is 19.3. The second-order valence-electron chi connectivity index (χ2n) is 12.1. The van der Waals surface area contributed by atoms with Crippen LogP contribution in [0.2, 0.25) is 0 Å². The fraction of sp³-hybridized carbons (Fsp3) is 0.630. The number of alkyl halides is 1. The number of nitrogens with one attached hydrogen (secondary N) is 3. The van der Waals surface area contributed by atoms with Crippen molar-refractivity contribution >= 4 is 55.6 Å².